The third-order valence-electron chi connectivity index (χ3n) is 4.04. The molecule has 0 bridgehead atoms. The van der Waals surface area contributed by atoms with Gasteiger partial charge in [-0.15, -0.1) is 0 Å². The number of carbonyl (C=O) groups excluding carboxylic acids is 2. The van der Waals surface area contributed by atoms with E-state index in [1.807, 2.05) is 6.07 Å². The molecule has 0 unspecified atom stereocenters. The molecule has 2 N–H and O–H groups in total. The highest BCUT2D eigenvalue weighted by molar-refractivity contribution is 5.85. The standard InChI is InChI=1S/C17H20N4O3/c1-21-14(20-13-5-3-2-4-12(13)17(21)24)8-9-15(22)18-10-16(23)19-11-6-7-11/h2-5,11H,6-10H2,1H3,(H,18,22)(H,19,23). The lowest BCUT2D eigenvalue weighted by molar-refractivity contribution is -0.126. The molecule has 1 aliphatic carbocycles. The first-order valence-electron chi connectivity index (χ1n) is 8.05. The number of fused-ring (bicyclic) bond motifs is 1. The zero-order valence-corrected chi connectivity index (χ0v) is 13.5. The van der Waals surface area contributed by atoms with Crippen molar-refractivity contribution in [3.8, 4) is 0 Å². The summed E-state index contributed by atoms with van der Waals surface area (Å²) in [5.74, 6) is 0.154. The molecular weight excluding hydrogens is 308 g/mol. The number of amides is 2. The number of benzene rings is 1. The van der Waals surface area contributed by atoms with Gasteiger partial charge in [-0.2, -0.15) is 0 Å². The lowest BCUT2D eigenvalue weighted by atomic mass is 10.2. The summed E-state index contributed by atoms with van der Waals surface area (Å²) in [6.45, 7) is -0.0145. The normalized spacial score (nSPS) is 13.7. The smallest absolute Gasteiger partial charge is 0.261 e. The molecule has 0 spiro atoms. The van der Waals surface area contributed by atoms with Crippen molar-refractivity contribution in [1.82, 2.24) is 20.2 Å². The molecule has 126 valence electrons. The Bertz CT molecular complexity index is 839. The summed E-state index contributed by atoms with van der Waals surface area (Å²) < 4.78 is 1.47. The number of aromatic nitrogens is 2. The van der Waals surface area contributed by atoms with Crippen LogP contribution in [0.25, 0.3) is 10.9 Å². The number of nitrogens with one attached hydrogen (secondary N) is 2. The predicted octanol–water partition coefficient (Wildman–Crippen LogP) is 0.261. The van der Waals surface area contributed by atoms with Crippen molar-refractivity contribution < 1.29 is 9.59 Å². The third-order valence-corrected chi connectivity index (χ3v) is 4.04. The highest BCUT2D eigenvalue weighted by atomic mass is 16.2. The molecule has 1 saturated carbocycles. The van der Waals surface area contributed by atoms with Crippen molar-refractivity contribution in [2.24, 2.45) is 7.05 Å². The Morgan fingerprint density at radius 2 is 2.00 bits per heavy atom. The van der Waals surface area contributed by atoms with E-state index in [1.54, 1.807) is 25.2 Å². The van der Waals surface area contributed by atoms with Crippen molar-refractivity contribution in [1.29, 1.82) is 0 Å². The zero-order valence-electron chi connectivity index (χ0n) is 13.5. The molecule has 0 atom stereocenters. The van der Waals surface area contributed by atoms with Crippen LogP contribution in [0.15, 0.2) is 29.1 Å². The summed E-state index contributed by atoms with van der Waals surface area (Å²) >= 11 is 0. The minimum absolute atomic E-state index is 0.0145. The second kappa shape index (κ2) is 6.82. The van der Waals surface area contributed by atoms with Crippen molar-refractivity contribution >= 4 is 22.7 Å². The topological polar surface area (TPSA) is 93.1 Å². The highest BCUT2D eigenvalue weighted by Gasteiger charge is 2.23. The van der Waals surface area contributed by atoms with Crippen LogP contribution in [-0.2, 0) is 23.1 Å². The molecule has 0 radical (unpaired) electrons. The van der Waals surface area contributed by atoms with Gasteiger partial charge in [-0.25, -0.2) is 4.98 Å². The number of rotatable bonds is 6. The van der Waals surface area contributed by atoms with Crippen molar-refractivity contribution in [2.45, 2.75) is 31.7 Å². The first kappa shape index (κ1) is 16.2. The number of para-hydroxylation sites is 1. The number of nitrogens with zero attached hydrogens (tertiary/aromatic N) is 2. The SMILES string of the molecule is Cn1c(CCC(=O)NCC(=O)NC2CC2)nc2ccccc2c1=O. The van der Waals surface area contributed by atoms with Crippen molar-refractivity contribution in [3.63, 3.8) is 0 Å². The number of carbonyl (C=O) groups is 2. The third kappa shape index (κ3) is 3.79. The Morgan fingerprint density at radius 1 is 1.25 bits per heavy atom. The molecule has 24 heavy (non-hydrogen) atoms. The fourth-order valence-electron chi connectivity index (χ4n) is 2.49. The van der Waals surface area contributed by atoms with Crippen LogP contribution in [0.4, 0.5) is 0 Å². The molecule has 3 rings (SSSR count). The quantitative estimate of drug-likeness (QED) is 0.795. The molecule has 7 heteroatoms. The Morgan fingerprint density at radius 3 is 2.75 bits per heavy atom. The van der Waals surface area contributed by atoms with Crippen LogP contribution in [0.3, 0.4) is 0 Å². The summed E-state index contributed by atoms with van der Waals surface area (Å²) in [6.07, 6.45) is 2.55. The molecule has 1 aromatic carbocycles. The van der Waals surface area contributed by atoms with E-state index >= 15 is 0 Å². The van der Waals surface area contributed by atoms with E-state index in [-0.39, 0.29) is 36.4 Å². The van der Waals surface area contributed by atoms with E-state index in [2.05, 4.69) is 15.6 Å². The fraction of sp³-hybridized carbons (Fsp3) is 0.412. The monoisotopic (exact) mass is 328 g/mol. The van der Waals surface area contributed by atoms with Crippen molar-refractivity contribution in [2.75, 3.05) is 6.54 Å². The molecule has 2 amide bonds. The minimum atomic E-state index is -0.233. The summed E-state index contributed by atoms with van der Waals surface area (Å²) in [4.78, 5) is 40.2. The van der Waals surface area contributed by atoms with Crippen LogP contribution >= 0.6 is 0 Å². The summed E-state index contributed by atoms with van der Waals surface area (Å²) in [5.41, 5.74) is 0.500. The van der Waals surface area contributed by atoms with Gasteiger partial charge in [-0.3, -0.25) is 19.0 Å². The van der Waals surface area contributed by atoms with Crippen LogP contribution in [0.1, 0.15) is 25.1 Å². The van der Waals surface area contributed by atoms with Gasteiger partial charge >= 0.3 is 0 Å². The fourth-order valence-corrected chi connectivity index (χ4v) is 2.49. The molecule has 1 heterocycles. The van der Waals surface area contributed by atoms with E-state index in [1.165, 1.54) is 4.57 Å². The first-order valence-corrected chi connectivity index (χ1v) is 8.05. The predicted molar refractivity (Wildman–Crippen MR) is 89.5 cm³/mol. The van der Waals surface area contributed by atoms with Crippen molar-refractivity contribution in [3.05, 3.63) is 40.4 Å². The first-order chi connectivity index (χ1) is 11.5. The second-order valence-electron chi connectivity index (χ2n) is 6.03. The van der Waals surface area contributed by atoms with E-state index < -0.39 is 0 Å². The van der Waals surface area contributed by atoms with E-state index in [0.29, 0.717) is 23.1 Å². The Balaban J connectivity index is 1.58. The molecule has 0 saturated heterocycles. The van der Waals surface area contributed by atoms with Crippen LogP contribution in [0, 0.1) is 0 Å². The second-order valence-corrected chi connectivity index (χ2v) is 6.03. The Hall–Kier alpha value is -2.70. The lowest BCUT2D eigenvalue weighted by Gasteiger charge is -2.09. The summed E-state index contributed by atoms with van der Waals surface area (Å²) in [5, 5.41) is 5.96. The Kier molecular flexibility index (Phi) is 4.59. The molecule has 2 aromatic rings. The molecule has 1 aliphatic rings. The van der Waals surface area contributed by atoms with Gasteiger partial charge in [0.05, 0.1) is 17.4 Å². The number of aryl methyl sites for hydroxylation is 1. The molecular formula is C17H20N4O3. The molecule has 7 nitrogen and oxygen atoms in total. The van der Waals surface area contributed by atoms with Gasteiger partial charge in [0, 0.05) is 25.9 Å². The van der Waals surface area contributed by atoms with E-state index in [0.717, 1.165) is 12.8 Å². The van der Waals surface area contributed by atoms with Gasteiger partial charge in [0.2, 0.25) is 11.8 Å². The maximum atomic E-state index is 12.3. The van der Waals surface area contributed by atoms with Gasteiger partial charge in [0.25, 0.3) is 5.56 Å². The van der Waals surface area contributed by atoms with Gasteiger partial charge in [-0.05, 0) is 25.0 Å². The highest BCUT2D eigenvalue weighted by Crippen LogP contribution is 2.18. The van der Waals surface area contributed by atoms with Crippen LogP contribution < -0.4 is 16.2 Å². The summed E-state index contributed by atoms with van der Waals surface area (Å²) in [6, 6.07) is 7.42. The van der Waals surface area contributed by atoms with E-state index in [4.69, 9.17) is 0 Å². The molecule has 1 aromatic heterocycles. The molecule has 0 aliphatic heterocycles. The van der Waals surface area contributed by atoms with Gasteiger partial charge in [0.1, 0.15) is 5.82 Å². The molecule has 1 fully saturated rings. The van der Waals surface area contributed by atoms with Crippen LogP contribution in [0.5, 0.6) is 0 Å². The summed E-state index contributed by atoms with van der Waals surface area (Å²) in [7, 11) is 1.65. The lowest BCUT2D eigenvalue weighted by Crippen LogP contribution is -2.38. The Labute approximate surface area is 139 Å². The van der Waals surface area contributed by atoms with Gasteiger partial charge in [-0.1, -0.05) is 12.1 Å². The average molecular weight is 328 g/mol. The van der Waals surface area contributed by atoms with E-state index in [9.17, 15) is 14.4 Å². The minimum Gasteiger partial charge on any atom is -0.352 e. The largest absolute Gasteiger partial charge is 0.352 e. The van der Waals surface area contributed by atoms with Gasteiger partial charge in [0.15, 0.2) is 0 Å². The zero-order chi connectivity index (χ0) is 17.1. The number of hydrogen-bond acceptors (Lipinski definition) is 4. The maximum absolute atomic E-state index is 12.3. The van der Waals surface area contributed by atoms with Crippen LogP contribution in [-0.4, -0.2) is 34.0 Å². The van der Waals surface area contributed by atoms with Crippen LogP contribution in [0.2, 0.25) is 0 Å². The average Bonchev–Trinajstić information content (AvgIpc) is 3.39. The maximum Gasteiger partial charge on any atom is 0.261 e. The number of hydrogen-bond donors (Lipinski definition) is 2. The van der Waals surface area contributed by atoms with Gasteiger partial charge < -0.3 is 10.6 Å².